The third-order valence-electron chi connectivity index (χ3n) is 2.82. The van der Waals surface area contributed by atoms with Crippen LogP contribution in [0.5, 0.6) is 0 Å². The molecule has 0 atom stereocenters. The van der Waals surface area contributed by atoms with Gasteiger partial charge in [0.15, 0.2) is 5.16 Å². The van der Waals surface area contributed by atoms with Crippen LogP contribution in [0.4, 0.5) is 4.39 Å². The number of carboxylic acids is 1. The monoisotopic (exact) mass is 282 g/mol. The van der Waals surface area contributed by atoms with E-state index in [4.69, 9.17) is 5.11 Å². The number of thioether (sulfide) groups is 1. The maximum absolute atomic E-state index is 13.1. The molecule has 19 heavy (non-hydrogen) atoms. The Bertz CT molecular complexity index is 598. The highest BCUT2D eigenvalue weighted by Crippen LogP contribution is 2.24. The highest BCUT2D eigenvalue weighted by molar-refractivity contribution is 7.99. The van der Waals surface area contributed by atoms with Gasteiger partial charge in [0.05, 0.1) is 11.0 Å². The van der Waals surface area contributed by atoms with Crippen molar-refractivity contribution >= 4 is 28.8 Å². The summed E-state index contributed by atoms with van der Waals surface area (Å²) in [5.41, 5.74) is 1.55. The molecular formula is C13H15FN2O2S. The van der Waals surface area contributed by atoms with Gasteiger partial charge in [-0.15, -0.1) is 0 Å². The van der Waals surface area contributed by atoms with Gasteiger partial charge in [-0.1, -0.05) is 11.8 Å². The van der Waals surface area contributed by atoms with Crippen LogP contribution < -0.4 is 0 Å². The van der Waals surface area contributed by atoms with Crippen molar-refractivity contribution in [2.75, 3.05) is 5.75 Å². The largest absolute Gasteiger partial charge is 0.481 e. The van der Waals surface area contributed by atoms with Gasteiger partial charge in [-0.3, -0.25) is 4.79 Å². The number of carbonyl (C=O) groups is 1. The van der Waals surface area contributed by atoms with Crippen LogP contribution in [0.2, 0.25) is 0 Å². The minimum Gasteiger partial charge on any atom is -0.481 e. The lowest BCUT2D eigenvalue weighted by Crippen LogP contribution is -1.95. The molecule has 0 aliphatic rings. The molecule has 102 valence electrons. The van der Waals surface area contributed by atoms with Crippen LogP contribution in [-0.2, 0) is 11.8 Å². The molecule has 1 N–H and O–H groups in total. The molecule has 1 aromatic carbocycles. The van der Waals surface area contributed by atoms with Crippen molar-refractivity contribution in [2.24, 2.45) is 7.05 Å². The van der Waals surface area contributed by atoms with Crippen LogP contribution >= 0.6 is 11.8 Å². The lowest BCUT2D eigenvalue weighted by Gasteiger charge is -2.01. The third-order valence-corrected chi connectivity index (χ3v) is 3.93. The number of nitrogens with zero attached hydrogens (tertiary/aromatic N) is 2. The zero-order valence-corrected chi connectivity index (χ0v) is 11.4. The van der Waals surface area contributed by atoms with Crippen molar-refractivity contribution in [1.29, 1.82) is 0 Å². The highest BCUT2D eigenvalue weighted by Gasteiger charge is 2.08. The van der Waals surface area contributed by atoms with Crippen molar-refractivity contribution in [3.8, 4) is 0 Å². The number of unbranched alkanes of at least 4 members (excludes halogenated alkanes) is 1. The van der Waals surface area contributed by atoms with Crippen LogP contribution in [0.3, 0.4) is 0 Å². The van der Waals surface area contributed by atoms with E-state index in [2.05, 4.69) is 4.98 Å². The summed E-state index contributed by atoms with van der Waals surface area (Å²) in [6.45, 7) is 0. The van der Waals surface area contributed by atoms with Crippen molar-refractivity contribution in [3.05, 3.63) is 24.0 Å². The number of hydrogen-bond acceptors (Lipinski definition) is 3. The molecule has 0 radical (unpaired) electrons. The second kappa shape index (κ2) is 6.06. The molecule has 1 aromatic heterocycles. The predicted octanol–water partition coefficient (Wildman–Crippen LogP) is 3.06. The Hall–Kier alpha value is -1.56. The van der Waals surface area contributed by atoms with Gasteiger partial charge in [0.25, 0.3) is 0 Å². The maximum atomic E-state index is 13.1. The van der Waals surface area contributed by atoms with Gasteiger partial charge in [0.2, 0.25) is 0 Å². The highest BCUT2D eigenvalue weighted by atomic mass is 32.2. The number of imidazole rings is 1. The number of aryl methyl sites for hydroxylation is 1. The number of carboxylic acid groups (broad SMARTS) is 1. The van der Waals surface area contributed by atoms with Gasteiger partial charge in [0, 0.05) is 25.3 Å². The number of benzene rings is 1. The summed E-state index contributed by atoms with van der Waals surface area (Å²) < 4.78 is 15.0. The average Bonchev–Trinajstić information content (AvgIpc) is 2.65. The summed E-state index contributed by atoms with van der Waals surface area (Å²) in [5, 5.41) is 9.37. The van der Waals surface area contributed by atoms with Gasteiger partial charge < -0.3 is 9.67 Å². The topological polar surface area (TPSA) is 55.1 Å². The molecule has 2 rings (SSSR count). The first kappa shape index (κ1) is 13.9. The van der Waals surface area contributed by atoms with E-state index in [0.717, 1.165) is 22.8 Å². The van der Waals surface area contributed by atoms with E-state index in [1.807, 2.05) is 11.6 Å². The summed E-state index contributed by atoms with van der Waals surface area (Å²) in [7, 11) is 1.90. The number of halogens is 1. The Morgan fingerprint density at radius 1 is 1.47 bits per heavy atom. The zero-order valence-electron chi connectivity index (χ0n) is 10.6. The molecule has 2 aromatic rings. The van der Waals surface area contributed by atoms with E-state index in [1.165, 1.54) is 12.1 Å². The van der Waals surface area contributed by atoms with Crippen LogP contribution in [-0.4, -0.2) is 26.4 Å². The second-order valence-corrected chi connectivity index (χ2v) is 5.35. The molecule has 4 nitrogen and oxygen atoms in total. The Balaban J connectivity index is 1.97. The molecule has 0 amide bonds. The zero-order chi connectivity index (χ0) is 13.8. The summed E-state index contributed by atoms with van der Waals surface area (Å²) in [4.78, 5) is 14.8. The lowest BCUT2D eigenvalue weighted by atomic mass is 10.3. The van der Waals surface area contributed by atoms with Crippen LogP contribution in [0, 0.1) is 5.82 Å². The lowest BCUT2D eigenvalue weighted by molar-refractivity contribution is -0.137. The molecule has 0 fully saturated rings. The van der Waals surface area contributed by atoms with Gasteiger partial charge in [-0.05, 0) is 25.0 Å². The van der Waals surface area contributed by atoms with E-state index in [1.54, 1.807) is 17.8 Å². The molecule has 6 heteroatoms. The standard InChI is InChI=1S/C13H15FN2O2S/c1-16-11-6-5-9(14)8-10(11)15-13(16)19-7-3-2-4-12(17)18/h5-6,8H,2-4,7H2,1H3,(H,17,18). The summed E-state index contributed by atoms with van der Waals surface area (Å²) >= 11 is 1.57. The quantitative estimate of drug-likeness (QED) is 0.653. The Morgan fingerprint density at radius 3 is 3.00 bits per heavy atom. The minimum absolute atomic E-state index is 0.203. The Kier molecular flexibility index (Phi) is 4.42. The minimum atomic E-state index is -0.761. The molecular weight excluding hydrogens is 267 g/mol. The second-order valence-electron chi connectivity index (χ2n) is 4.29. The molecule has 0 saturated heterocycles. The molecule has 0 aliphatic heterocycles. The van der Waals surface area contributed by atoms with Gasteiger partial charge >= 0.3 is 5.97 Å². The molecule has 0 saturated carbocycles. The van der Waals surface area contributed by atoms with E-state index in [0.29, 0.717) is 11.9 Å². The van der Waals surface area contributed by atoms with E-state index < -0.39 is 5.97 Å². The molecule has 0 unspecified atom stereocenters. The Morgan fingerprint density at radius 2 is 2.26 bits per heavy atom. The van der Waals surface area contributed by atoms with Crippen molar-refractivity contribution < 1.29 is 14.3 Å². The first-order valence-corrected chi connectivity index (χ1v) is 7.03. The van der Waals surface area contributed by atoms with Crippen molar-refractivity contribution in [3.63, 3.8) is 0 Å². The molecule has 1 heterocycles. The fourth-order valence-corrected chi connectivity index (χ4v) is 2.81. The van der Waals surface area contributed by atoms with E-state index in [-0.39, 0.29) is 12.2 Å². The predicted molar refractivity (Wildman–Crippen MR) is 72.9 cm³/mol. The number of hydrogen-bond donors (Lipinski definition) is 1. The van der Waals surface area contributed by atoms with E-state index in [9.17, 15) is 9.18 Å². The van der Waals surface area contributed by atoms with E-state index >= 15 is 0 Å². The first-order valence-electron chi connectivity index (χ1n) is 6.04. The molecule has 0 aliphatic carbocycles. The van der Waals surface area contributed by atoms with Gasteiger partial charge in [-0.25, -0.2) is 9.37 Å². The number of rotatable bonds is 6. The van der Waals surface area contributed by atoms with Gasteiger partial charge in [-0.2, -0.15) is 0 Å². The fraction of sp³-hybridized carbons (Fsp3) is 0.385. The average molecular weight is 282 g/mol. The fourth-order valence-electron chi connectivity index (χ4n) is 1.82. The summed E-state index contributed by atoms with van der Waals surface area (Å²) in [6, 6.07) is 4.56. The normalized spacial score (nSPS) is 11.1. The smallest absolute Gasteiger partial charge is 0.303 e. The number of aromatic nitrogens is 2. The van der Waals surface area contributed by atoms with Crippen LogP contribution in [0.25, 0.3) is 11.0 Å². The SMILES string of the molecule is Cn1c(SCCCCC(=O)O)nc2cc(F)ccc21. The van der Waals surface area contributed by atoms with Gasteiger partial charge in [0.1, 0.15) is 5.82 Å². The number of fused-ring (bicyclic) bond motifs is 1. The number of aliphatic carboxylic acids is 1. The first-order chi connectivity index (χ1) is 9.08. The summed E-state index contributed by atoms with van der Waals surface area (Å²) in [5.74, 6) is -0.237. The summed E-state index contributed by atoms with van der Waals surface area (Å²) in [6.07, 6.45) is 1.70. The van der Waals surface area contributed by atoms with Crippen molar-refractivity contribution in [2.45, 2.75) is 24.4 Å². The Labute approximate surface area is 114 Å². The molecule has 0 bridgehead atoms. The van der Waals surface area contributed by atoms with Crippen molar-refractivity contribution in [1.82, 2.24) is 9.55 Å². The van der Waals surface area contributed by atoms with Crippen LogP contribution in [0.1, 0.15) is 19.3 Å². The van der Waals surface area contributed by atoms with Crippen LogP contribution in [0.15, 0.2) is 23.4 Å². The maximum Gasteiger partial charge on any atom is 0.303 e. The molecule has 0 spiro atoms. The third kappa shape index (κ3) is 3.47.